The molecule has 2 N–H and O–H groups in total. The van der Waals surface area contributed by atoms with Crippen molar-refractivity contribution in [3.05, 3.63) is 65.9 Å². The van der Waals surface area contributed by atoms with Crippen molar-refractivity contribution in [1.29, 1.82) is 0 Å². The average Bonchev–Trinajstić information content (AvgIpc) is 3.23. The highest BCUT2D eigenvalue weighted by Gasteiger charge is 2.21. The number of ether oxygens (including phenoxy) is 1. The van der Waals surface area contributed by atoms with Crippen molar-refractivity contribution in [1.82, 2.24) is 14.8 Å². The van der Waals surface area contributed by atoms with Gasteiger partial charge >= 0.3 is 0 Å². The summed E-state index contributed by atoms with van der Waals surface area (Å²) in [5, 5.41) is 10.8. The van der Waals surface area contributed by atoms with Gasteiger partial charge in [0.2, 0.25) is 0 Å². The number of carbonyl (C=O) groups excluding carboxylic acids is 2. The number of nitrogens with one attached hydrogen (secondary N) is 2. The highest BCUT2D eigenvalue weighted by atomic mass is 16.5. The van der Waals surface area contributed by atoms with E-state index in [2.05, 4.69) is 15.7 Å². The third kappa shape index (κ3) is 3.80. The maximum atomic E-state index is 13.4. The van der Waals surface area contributed by atoms with Gasteiger partial charge in [0.25, 0.3) is 11.8 Å². The van der Waals surface area contributed by atoms with Gasteiger partial charge in [-0.05, 0) is 50.6 Å². The maximum Gasteiger partial charge on any atom is 0.262 e. The van der Waals surface area contributed by atoms with Crippen molar-refractivity contribution in [3.8, 4) is 17.0 Å². The Labute approximate surface area is 190 Å². The predicted octanol–water partition coefficient (Wildman–Crippen LogP) is 4.57. The first-order valence-corrected chi connectivity index (χ1v) is 10.7. The van der Waals surface area contributed by atoms with Crippen LogP contribution in [0.25, 0.3) is 22.3 Å². The molecule has 8 heteroatoms. The molecule has 0 radical (unpaired) electrons. The first-order valence-electron chi connectivity index (χ1n) is 10.7. The number of rotatable bonds is 4. The van der Waals surface area contributed by atoms with Crippen molar-refractivity contribution in [3.63, 3.8) is 0 Å². The second-order valence-corrected chi connectivity index (χ2v) is 8.29. The van der Waals surface area contributed by atoms with E-state index in [1.54, 1.807) is 30.5 Å². The molecule has 0 unspecified atom stereocenters. The highest BCUT2D eigenvalue weighted by molar-refractivity contribution is 6.13. The number of hydrogen-bond acceptors (Lipinski definition) is 5. The molecule has 4 aromatic rings. The zero-order valence-electron chi connectivity index (χ0n) is 18.5. The molecule has 5 rings (SSSR count). The standard InChI is InChI=1S/C25H23N5O3/c1-14(2)30-24-19(12-26-30)18(11-20(29-24)17-7-5-4-6-15(17)3)25(32)27-16-8-9-22-21(10-16)28-23(31)13-33-22/h4-12,14H,13H2,1-3H3,(H,27,32)(H,28,31). The van der Waals surface area contributed by atoms with E-state index in [1.807, 2.05) is 49.7 Å². The van der Waals surface area contributed by atoms with Gasteiger partial charge in [0.15, 0.2) is 12.3 Å². The Morgan fingerprint density at radius 1 is 1.18 bits per heavy atom. The Morgan fingerprint density at radius 2 is 2.00 bits per heavy atom. The lowest BCUT2D eigenvalue weighted by molar-refractivity contribution is -0.118. The number of carbonyl (C=O) groups is 2. The minimum atomic E-state index is -0.288. The number of anilines is 2. The topological polar surface area (TPSA) is 98.1 Å². The van der Waals surface area contributed by atoms with Crippen LogP contribution in [0.2, 0.25) is 0 Å². The second kappa shape index (κ2) is 8.05. The predicted molar refractivity (Wildman–Crippen MR) is 127 cm³/mol. The van der Waals surface area contributed by atoms with E-state index < -0.39 is 0 Å². The summed E-state index contributed by atoms with van der Waals surface area (Å²) < 4.78 is 7.21. The zero-order valence-corrected chi connectivity index (χ0v) is 18.5. The Bertz CT molecular complexity index is 1410. The Morgan fingerprint density at radius 3 is 2.79 bits per heavy atom. The van der Waals surface area contributed by atoms with E-state index in [4.69, 9.17) is 9.72 Å². The lowest BCUT2D eigenvalue weighted by Gasteiger charge is -2.18. The van der Waals surface area contributed by atoms with E-state index in [1.165, 1.54) is 0 Å². The molecule has 0 saturated carbocycles. The molecule has 3 heterocycles. The molecule has 2 aromatic carbocycles. The first kappa shape index (κ1) is 20.7. The molecule has 2 aromatic heterocycles. The van der Waals surface area contributed by atoms with Crippen LogP contribution in [-0.2, 0) is 4.79 Å². The largest absolute Gasteiger partial charge is 0.482 e. The molecule has 8 nitrogen and oxygen atoms in total. The number of pyridine rings is 1. The summed E-state index contributed by atoms with van der Waals surface area (Å²) >= 11 is 0. The van der Waals surface area contributed by atoms with Crippen molar-refractivity contribution in [2.75, 3.05) is 17.2 Å². The fourth-order valence-corrected chi connectivity index (χ4v) is 3.94. The van der Waals surface area contributed by atoms with Gasteiger partial charge in [-0.2, -0.15) is 5.10 Å². The summed E-state index contributed by atoms with van der Waals surface area (Å²) in [6, 6.07) is 15.0. The minimum absolute atomic E-state index is 0.0186. The van der Waals surface area contributed by atoms with Crippen LogP contribution in [0.4, 0.5) is 11.4 Å². The van der Waals surface area contributed by atoms with Crippen LogP contribution in [0.15, 0.2) is 54.7 Å². The molecule has 1 aliphatic rings. The van der Waals surface area contributed by atoms with Crippen molar-refractivity contribution in [2.45, 2.75) is 26.8 Å². The van der Waals surface area contributed by atoms with Crippen LogP contribution in [-0.4, -0.2) is 33.2 Å². The van der Waals surface area contributed by atoms with Gasteiger partial charge in [-0.25, -0.2) is 9.67 Å². The molecule has 33 heavy (non-hydrogen) atoms. The molecule has 2 amide bonds. The summed E-state index contributed by atoms with van der Waals surface area (Å²) in [4.78, 5) is 29.9. The molecular weight excluding hydrogens is 418 g/mol. The molecule has 0 aliphatic carbocycles. The van der Waals surface area contributed by atoms with Gasteiger partial charge in [-0.1, -0.05) is 24.3 Å². The fourth-order valence-electron chi connectivity index (χ4n) is 3.94. The number of benzene rings is 2. The van der Waals surface area contributed by atoms with Gasteiger partial charge in [-0.3, -0.25) is 9.59 Å². The summed E-state index contributed by atoms with van der Waals surface area (Å²) in [7, 11) is 0. The Kier molecular flexibility index (Phi) is 5.05. The van der Waals surface area contributed by atoms with Crippen LogP contribution in [0.5, 0.6) is 5.75 Å². The van der Waals surface area contributed by atoms with Gasteiger partial charge < -0.3 is 15.4 Å². The van der Waals surface area contributed by atoms with E-state index in [9.17, 15) is 9.59 Å². The van der Waals surface area contributed by atoms with E-state index >= 15 is 0 Å². The zero-order chi connectivity index (χ0) is 23.1. The number of amides is 2. The molecule has 1 aliphatic heterocycles. The number of hydrogen-bond donors (Lipinski definition) is 2. The molecule has 0 saturated heterocycles. The SMILES string of the molecule is Cc1ccccc1-c1cc(C(=O)Nc2ccc3c(c2)NC(=O)CO3)c2cnn(C(C)C)c2n1. The molecule has 166 valence electrons. The monoisotopic (exact) mass is 441 g/mol. The van der Waals surface area contributed by atoms with Gasteiger partial charge in [-0.15, -0.1) is 0 Å². The highest BCUT2D eigenvalue weighted by Crippen LogP contribution is 2.32. The van der Waals surface area contributed by atoms with Crippen molar-refractivity contribution >= 4 is 34.2 Å². The van der Waals surface area contributed by atoms with E-state index in [0.29, 0.717) is 39.4 Å². The summed E-state index contributed by atoms with van der Waals surface area (Å²) in [6.07, 6.45) is 1.68. The Balaban J connectivity index is 1.58. The van der Waals surface area contributed by atoms with Crippen LogP contribution >= 0.6 is 0 Å². The number of aryl methyl sites for hydroxylation is 1. The summed E-state index contributed by atoms with van der Waals surface area (Å²) in [6.45, 7) is 6.05. The molecule has 0 atom stereocenters. The molecule has 0 spiro atoms. The smallest absolute Gasteiger partial charge is 0.262 e. The number of aromatic nitrogens is 3. The second-order valence-electron chi connectivity index (χ2n) is 8.29. The third-order valence-electron chi connectivity index (χ3n) is 5.59. The number of fused-ring (bicyclic) bond motifs is 2. The lowest BCUT2D eigenvalue weighted by atomic mass is 10.0. The van der Waals surface area contributed by atoms with Gasteiger partial charge in [0, 0.05) is 17.3 Å². The van der Waals surface area contributed by atoms with Gasteiger partial charge in [0.05, 0.1) is 28.5 Å². The molecular formula is C25H23N5O3. The van der Waals surface area contributed by atoms with E-state index in [0.717, 1.165) is 11.1 Å². The van der Waals surface area contributed by atoms with Crippen molar-refractivity contribution in [2.24, 2.45) is 0 Å². The normalized spacial score (nSPS) is 12.9. The summed E-state index contributed by atoms with van der Waals surface area (Å²) in [5.74, 6) is 0.0493. The summed E-state index contributed by atoms with van der Waals surface area (Å²) in [5.41, 5.74) is 4.93. The first-order chi connectivity index (χ1) is 15.9. The van der Waals surface area contributed by atoms with Gasteiger partial charge in [0.1, 0.15) is 5.75 Å². The van der Waals surface area contributed by atoms with Crippen LogP contribution in [0.1, 0.15) is 35.8 Å². The van der Waals surface area contributed by atoms with Crippen LogP contribution in [0.3, 0.4) is 0 Å². The Hall–Kier alpha value is -4.20. The lowest BCUT2D eigenvalue weighted by Crippen LogP contribution is -2.25. The molecule has 0 fully saturated rings. The van der Waals surface area contributed by atoms with Crippen LogP contribution in [0, 0.1) is 6.92 Å². The maximum absolute atomic E-state index is 13.4. The fraction of sp³-hybridized carbons (Fsp3) is 0.200. The quantitative estimate of drug-likeness (QED) is 0.483. The van der Waals surface area contributed by atoms with Crippen LogP contribution < -0.4 is 15.4 Å². The third-order valence-corrected chi connectivity index (χ3v) is 5.59. The average molecular weight is 441 g/mol. The molecule has 0 bridgehead atoms. The number of nitrogens with zero attached hydrogens (tertiary/aromatic N) is 3. The van der Waals surface area contributed by atoms with E-state index in [-0.39, 0.29) is 24.5 Å². The van der Waals surface area contributed by atoms with Crippen molar-refractivity contribution < 1.29 is 14.3 Å². The minimum Gasteiger partial charge on any atom is -0.482 e.